The molecule has 0 radical (unpaired) electrons. The molecule has 3 aromatic rings. The molecule has 0 saturated heterocycles. The van der Waals surface area contributed by atoms with Crippen molar-refractivity contribution in [2.75, 3.05) is 13.7 Å². The number of methoxy groups -OCH3 is 1. The van der Waals surface area contributed by atoms with Crippen LogP contribution in [0.15, 0.2) is 52.9 Å². The molecule has 9 nitrogen and oxygen atoms in total. The summed E-state index contributed by atoms with van der Waals surface area (Å²) in [7, 11) is 1.53. The lowest BCUT2D eigenvalue weighted by Crippen LogP contribution is -2.39. The number of aromatic nitrogens is 1. The van der Waals surface area contributed by atoms with Crippen molar-refractivity contribution in [1.82, 2.24) is 9.88 Å². The smallest absolute Gasteiger partial charge is 0.416 e. The van der Waals surface area contributed by atoms with Gasteiger partial charge in [-0.25, -0.2) is 9.78 Å². The van der Waals surface area contributed by atoms with E-state index in [0.717, 1.165) is 16.2 Å². The van der Waals surface area contributed by atoms with E-state index < -0.39 is 24.6 Å². The maximum absolute atomic E-state index is 12.7. The summed E-state index contributed by atoms with van der Waals surface area (Å²) in [6, 6.07) is 12.9. The van der Waals surface area contributed by atoms with Crippen molar-refractivity contribution in [2.24, 2.45) is 0 Å². The number of oxazole rings is 1. The van der Waals surface area contributed by atoms with Gasteiger partial charge in [0.2, 0.25) is 0 Å². The highest BCUT2D eigenvalue weighted by Gasteiger charge is 2.26. The number of carbonyl (C=O) groups excluding carboxylic acids is 1. The molecule has 0 aliphatic carbocycles. The predicted molar refractivity (Wildman–Crippen MR) is 119 cm³/mol. The SMILES string of the molecule is COc1ccc(OC(=O)N(CC(=O)O)[C@H](C)c2ccc(OCc3nc(C)oc3C)cc2)cc1. The number of rotatable bonds is 9. The molecule has 0 spiro atoms. The zero-order chi connectivity index (χ0) is 24.0. The van der Waals surface area contributed by atoms with Gasteiger partial charge in [0.05, 0.1) is 13.2 Å². The highest BCUT2D eigenvalue weighted by Crippen LogP contribution is 2.25. The molecular formula is C24H26N2O7. The third-order valence-corrected chi connectivity index (χ3v) is 5.01. The van der Waals surface area contributed by atoms with Crippen LogP contribution in [0.25, 0.3) is 0 Å². The van der Waals surface area contributed by atoms with E-state index in [9.17, 15) is 14.7 Å². The summed E-state index contributed by atoms with van der Waals surface area (Å²) >= 11 is 0. The Hall–Kier alpha value is -4.01. The summed E-state index contributed by atoms with van der Waals surface area (Å²) in [5.41, 5.74) is 1.45. The Morgan fingerprint density at radius 2 is 1.64 bits per heavy atom. The summed E-state index contributed by atoms with van der Waals surface area (Å²) in [4.78, 5) is 29.6. The molecule has 2 aromatic carbocycles. The van der Waals surface area contributed by atoms with E-state index in [0.29, 0.717) is 23.1 Å². The van der Waals surface area contributed by atoms with Crippen LogP contribution in [-0.4, -0.2) is 40.7 Å². The number of benzene rings is 2. The van der Waals surface area contributed by atoms with Gasteiger partial charge in [-0.1, -0.05) is 12.1 Å². The molecule has 33 heavy (non-hydrogen) atoms. The fourth-order valence-electron chi connectivity index (χ4n) is 3.19. The van der Waals surface area contributed by atoms with Crippen LogP contribution in [0.4, 0.5) is 4.79 Å². The van der Waals surface area contributed by atoms with Gasteiger partial charge in [-0.15, -0.1) is 0 Å². The minimum absolute atomic E-state index is 0.261. The fourth-order valence-corrected chi connectivity index (χ4v) is 3.19. The number of amides is 1. The predicted octanol–water partition coefficient (Wildman–Crippen LogP) is 4.53. The van der Waals surface area contributed by atoms with E-state index in [1.165, 1.54) is 7.11 Å². The highest BCUT2D eigenvalue weighted by atomic mass is 16.6. The number of carbonyl (C=O) groups is 2. The lowest BCUT2D eigenvalue weighted by atomic mass is 10.1. The topological polar surface area (TPSA) is 111 Å². The first-order valence-electron chi connectivity index (χ1n) is 10.3. The molecule has 3 rings (SSSR count). The summed E-state index contributed by atoms with van der Waals surface area (Å²) < 4.78 is 21.6. The first-order valence-corrected chi connectivity index (χ1v) is 10.3. The fraction of sp³-hybridized carbons (Fsp3) is 0.292. The first-order chi connectivity index (χ1) is 15.8. The molecule has 0 bridgehead atoms. The third-order valence-electron chi connectivity index (χ3n) is 5.01. The van der Waals surface area contributed by atoms with Gasteiger partial charge in [0.1, 0.15) is 41.9 Å². The Morgan fingerprint density at radius 1 is 1.03 bits per heavy atom. The Morgan fingerprint density at radius 3 is 2.18 bits per heavy atom. The second-order valence-electron chi connectivity index (χ2n) is 7.33. The Balaban J connectivity index is 1.68. The monoisotopic (exact) mass is 454 g/mol. The van der Waals surface area contributed by atoms with Crippen LogP contribution in [0.1, 0.15) is 35.9 Å². The summed E-state index contributed by atoms with van der Waals surface area (Å²) in [6.07, 6.45) is -0.771. The Bertz CT molecular complexity index is 1090. The molecule has 0 aliphatic rings. The molecule has 0 saturated carbocycles. The summed E-state index contributed by atoms with van der Waals surface area (Å²) in [6.45, 7) is 5.08. The number of ether oxygens (including phenoxy) is 3. The molecular weight excluding hydrogens is 428 g/mol. The van der Waals surface area contributed by atoms with Gasteiger partial charge >= 0.3 is 12.1 Å². The number of hydrogen-bond donors (Lipinski definition) is 1. The van der Waals surface area contributed by atoms with Crippen LogP contribution < -0.4 is 14.2 Å². The normalized spacial score (nSPS) is 11.5. The second-order valence-corrected chi connectivity index (χ2v) is 7.33. The number of aryl methyl sites for hydroxylation is 2. The van der Waals surface area contributed by atoms with Crippen molar-refractivity contribution in [3.63, 3.8) is 0 Å². The van der Waals surface area contributed by atoms with Crippen molar-refractivity contribution in [3.05, 3.63) is 71.4 Å². The number of carboxylic acid groups (broad SMARTS) is 1. The average Bonchev–Trinajstić information content (AvgIpc) is 3.13. The van der Waals surface area contributed by atoms with Crippen LogP contribution in [0.3, 0.4) is 0 Å². The van der Waals surface area contributed by atoms with E-state index >= 15 is 0 Å². The van der Waals surface area contributed by atoms with Gasteiger partial charge in [-0.3, -0.25) is 9.69 Å². The van der Waals surface area contributed by atoms with Crippen molar-refractivity contribution in [1.29, 1.82) is 0 Å². The van der Waals surface area contributed by atoms with Crippen molar-refractivity contribution in [3.8, 4) is 17.2 Å². The molecule has 9 heteroatoms. The van der Waals surface area contributed by atoms with E-state index in [4.69, 9.17) is 18.6 Å². The Kier molecular flexibility index (Phi) is 7.55. The Labute approximate surface area is 191 Å². The molecule has 1 aromatic heterocycles. The van der Waals surface area contributed by atoms with Crippen molar-refractivity contribution in [2.45, 2.75) is 33.4 Å². The maximum Gasteiger partial charge on any atom is 0.416 e. The summed E-state index contributed by atoms with van der Waals surface area (Å²) in [5, 5.41) is 9.31. The van der Waals surface area contributed by atoms with E-state index in [2.05, 4.69) is 4.98 Å². The first kappa shape index (κ1) is 23.6. The van der Waals surface area contributed by atoms with Gasteiger partial charge in [0.15, 0.2) is 5.89 Å². The van der Waals surface area contributed by atoms with Gasteiger partial charge in [0, 0.05) is 6.92 Å². The third kappa shape index (κ3) is 6.25. The standard InChI is InChI=1S/C24H26N2O7/c1-15(18-5-7-20(8-6-18)31-14-22-16(2)32-17(3)25-22)26(13-23(27)28)24(29)33-21-11-9-19(30-4)10-12-21/h5-12,15H,13-14H2,1-4H3,(H,27,28)/t15-/m1/s1. The van der Waals surface area contributed by atoms with E-state index in [-0.39, 0.29) is 12.4 Å². The molecule has 1 atom stereocenters. The van der Waals surface area contributed by atoms with E-state index in [1.807, 2.05) is 6.92 Å². The van der Waals surface area contributed by atoms with Gasteiger partial charge in [0.25, 0.3) is 0 Å². The molecule has 1 heterocycles. The quantitative estimate of drug-likeness (QED) is 0.502. The molecule has 0 fully saturated rings. The minimum Gasteiger partial charge on any atom is -0.497 e. The van der Waals surface area contributed by atoms with Crippen molar-refractivity contribution >= 4 is 12.1 Å². The molecule has 1 amide bonds. The largest absolute Gasteiger partial charge is 0.497 e. The minimum atomic E-state index is -1.15. The molecule has 174 valence electrons. The highest BCUT2D eigenvalue weighted by molar-refractivity contribution is 5.78. The van der Waals surface area contributed by atoms with E-state index in [1.54, 1.807) is 62.4 Å². The average molecular weight is 454 g/mol. The number of hydrogen-bond acceptors (Lipinski definition) is 7. The van der Waals surface area contributed by atoms with Crippen LogP contribution in [-0.2, 0) is 11.4 Å². The van der Waals surface area contributed by atoms with Crippen LogP contribution in [0.5, 0.6) is 17.2 Å². The zero-order valence-corrected chi connectivity index (χ0v) is 18.9. The lowest BCUT2D eigenvalue weighted by molar-refractivity contribution is -0.138. The second kappa shape index (κ2) is 10.5. The summed E-state index contributed by atoms with van der Waals surface area (Å²) in [5.74, 6) is 1.64. The van der Waals surface area contributed by atoms with Gasteiger partial charge in [-0.2, -0.15) is 0 Å². The van der Waals surface area contributed by atoms with Crippen LogP contribution in [0, 0.1) is 13.8 Å². The van der Waals surface area contributed by atoms with Crippen LogP contribution in [0.2, 0.25) is 0 Å². The van der Waals surface area contributed by atoms with Gasteiger partial charge < -0.3 is 23.7 Å². The van der Waals surface area contributed by atoms with Crippen molar-refractivity contribution < 1.29 is 33.3 Å². The number of aliphatic carboxylic acids is 1. The maximum atomic E-state index is 12.7. The van der Waals surface area contributed by atoms with Gasteiger partial charge in [-0.05, 0) is 55.8 Å². The molecule has 1 N–H and O–H groups in total. The number of nitrogens with zero attached hydrogens (tertiary/aromatic N) is 2. The zero-order valence-electron chi connectivity index (χ0n) is 18.9. The molecule has 0 unspecified atom stereocenters. The van der Waals surface area contributed by atoms with Crippen LogP contribution >= 0.6 is 0 Å². The number of carboxylic acids is 1. The lowest BCUT2D eigenvalue weighted by Gasteiger charge is -2.27. The molecule has 0 aliphatic heterocycles.